The molecule has 0 saturated heterocycles. The first-order valence-electron chi connectivity index (χ1n) is 7.01. The third-order valence-corrected chi connectivity index (χ3v) is 7.49. The summed E-state index contributed by atoms with van der Waals surface area (Å²) in [4.78, 5) is 3.87. The zero-order valence-electron chi connectivity index (χ0n) is 13.3. The van der Waals surface area contributed by atoms with E-state index in [2.05, 4.69) is 15.2 Å². The van der Waals surface area contributed by atoms with Crippen molar-refractivity contribution in [2.75, 3.05) is 6.26 Å². The highest BCUT2D eigenvalue weighted by Crippen LogP contribution is 2.28. The summed E-state index contributed by atoms with van der Waals surface area (Å²) < 4.78 is 49.5. The van der Waals surface area contributed by atoms with Crippen LogP contribution in [0.5, 0.6) is 0 Å². The molecular weight excluding hydrogens is 384 g/mol. The summed E-state index contributed by atoms with van der Waals surface area (Å²) >= 11 is 0.884. The molecule has 3 aromatic rings. The molecule has 0 bridgehead atoms. The van der Waals surface area contributed by atoms with Crippen LogP contribution in [0.4, 0.5) is 0 Å². The third kappa shape index (κ3) is 3.62. The number of benzene rings is 1. The van der Waals surface area contributed by atoms with Crippen molar-refractivity contribution in [2.24, 2.45) is 7.05 Å². The molecule has 1 aromatic carbocycles. The summed E-state index contributed by atoms with van der Waals surface area (Å²) in [5, 5.41) is 7.82. The van der Waals surface area contributed by atoms with E-state index in [0.29, 0.717) is 11.3 Å². The van der Waals surface area contributed by atoms with Crippen molar-refractivity contribution in [3.05, 3.63) is 42.1 Å². The molecule has 2 heterocycles. The Morgan fingerprint density at radius 3 is 2.36 bits per heavy atom. The van der Waals surface area contributed by atoms with E-state index in [1.54, 1.807) is 30.3 Å². The lowest BCUT2D eigenvalue weighted by molar-refractivity contribution is 0.585. The van der Waals surface area contributed by atoms with Crippen LogP contribution in [0.25, 0.3) is 10.7 Å². The number of nitrogens with zero attached hydrogens (tertiary/aromatic N) is 4. The average Bonchev–Trinajstić information content (AvgIpc) is 3.14. The van der Waals surface area contributed by atoms with E-state index in [9.17, 15) is 16.8 Å². The highest BCUT2D eigenvalue weighted by Gasteiger charge is 2.24. The SMILES string of the molecule is Cn1c(-c2nnc(S(=O)(=O)Cc3ccccc3)s2)cnc1S(C)(=O)=O. The quantitative estimate of drug-likeness (QED) is 0.637. The van der Waals surface area contributed by atoms with Gasteiger partial charge in [0.2, 0.25) is 29.2 Å². The molecule has 0 N–H and O–H groups in total. The van der Waals surface area contributed by atoms with Crippen molar-refractivity contribution < 1.29 is 16.8 Å². The fraction of sp³-hybridized carbons (Fsp3) is 0.214. The lowest BCUT2D eigenvalue weighted by Gasteiger charge is -2.01. The second-order valence-corrected chi connectivity index (χ2v) is 10.4. The van der Waals surface area contributed by atoms with Crippen LogP contribution in [0.1, 0.15) is 5.56 Å². The Bertz CT molecular complexity index is 1120. The molecule has 0 saturated carbocycles. The number of hydrogen-bond acceptors (Lipinski definition) is 8. The van der Waals surface area contributed by atoms with E-state index in [4.69, 9.17) is 0 Å². The average molecular weight is 398 g/mol. The van der Waals surface area contributed by atoms with E-state index in [1.807, 2.05) is 0 Å². The zero-order valence-corrected chi connectivity index (χ0v) is 15.8. The lowest BCUT2D eigenvalue weighted by Crippen LogP contribution is -2.06. The molecule has 132 valence electrons. The number of hydrogen-bond donors (Lipinski definition) is 0. The van der Waals surface area contributed by atoms with Crippen LogP contribution in [-0.4, -0.2) is 42.8 Å². The minimum atomic E-state index is -3.64. The molecule has 0 spiro atoms. The summed E-state index contributed by atoms with van der Waals surface area (Å²) in [5.41, 5.74) is 1.04. The van der Waals surface area contributed by atoms with Gasteiger partial charge in [-0.15, -0.1) is 10.2 Å². The molecule has 0 fully saturated rings. The van der Waals surface area contributed by atoms with Crippen LogP contribution < -0.4 is 0 Å². The molecule has 0 aliphatic heterocycles. The van der Waals surface area contributed by atoms with Crippen LogP contribution in [0.3, 0.4) is 0 Å². The van der Waals surface area contributed by atoms with Crippen molar-refractivity contribution in [1.29, 1.82) is 0 Å². The van der Waals surface area contributed by atoms with Gasteiger partial charge < -0.3 is 4.57 Å². The van der Waals surface area contributed by atoms with Crippen LogP contribution in [-0.2, 0) is 32.5 Å². The van der Waals surface area contributed by atoms with Crippen LogP contribution >= 0.6 is 11.3 Å². The van der Waals surface area contributed by atoms with E-state index >= 15 is 0 Å². The molecule has 0 amide bonds. The van der Waals surface area contributed by atoms with Crippen molar-refractivity contribution in [2.45, 2.75) is 15.2 Å². The topological polar surface area (TPSA) is 112 Å². The minimum absolute atomic E-state index is 0.117. The van der Waals surface area contributed by atoms with Crippen molar-refractivity contribution in [3.8, 4) is 10.7 Å². The van der Waals surface area contributed by atoms with Gasteiger partial charge in [-0.25, -0.2) is 21.8 Å². The Kier molecular flexibility index (Phi) is 4.47. The number of imidazole rings is 1. The maximum atomic E-state index is 12.5. The second-order valence-electron chi connectivity index (χ2n) is 5.38. The van der Waals surface area contributed by atoms with Gasteiger partial charge in [-0.05, 0) is 5.56 Å². The molecule has 0 radical (unpaired) electrons. The van der Waals surface area contributed by atoms with Crippen LogP contribution in [0.2, 0.25) is 0 Å². The molecule has 25 heavy (non-hydrogen) atoms. The number of aromatic nitrogens is 4. The largest absolute Gasteiger partial charge is 0.316 e. The van der Waals surface area contributed by atoms with E-state index in [1.165, 1.54) is 17.8 Å². The summed E-state index contributed by atoms with van der Waals surface area (Å²) in [6.45, 7) is 0. The fourth-order valence-electron chi connectivity index (χ4n) is 2.23. The van der Waals surface area contributed by atoms with Gasteiger partial charge >= 0.3 is 0 Å². The van der Waals surface area contributed by atoms with E-state index < -0.39 is 19.7 Å². The first kappa shape index (κ1) is 17.7. The molecular formula is C14H14N4O4S3. The van der Waals surface area contributed by atoms with Gasteiger partial charge in [0.25, 0.3) is 0 Å². The fourth-order valence-corrected chi connectivity index (χ4v) is 5.53. The summed E-state index contributed by atoms with van der Waals surface area (Å²) in [5.74, 6) is -0.178. The molecule has 8 nitrogen and oxygen atoms in total. The normalized spacial score (nSPS) is 12.4. The lowest BCUT2D eigenvalue weighted by atomic mass is 10.2. The maximum absolute atomic E-state index is 12.5. The van der Waals surface area contributed by atoms with Gasteiger partial charge in [0.1, 0.15) is 0 Å². The second kappa shape index (κ2) is 6.32. The number of sulfone groups is 2. The summed E-state index contributed by atoms with van der Waals surface area (Å²) in [6, 6.07) is 8.77. The zero-order chi connectivity index (χ0) is 18.2. The molecule has 0 atom stereocenters. The van der Waals surface area contributed by atoms with Crippen molar-refractivity contribution in [3.63, 3.8) is 0 Å². The smallest absolute Gasteiger partial charge is 0.233 e. The standard InChI is InChI=1S/C14H14N4O4S3/c1-18-11(8-15-13(18)24(2,19)20)12-16-17-14(23-12)25(21,22)9-10-6-4-3-5-7-10/h3-8H,9H2,1-2H3. The predicted octanol–water partition coefficient (Wildman–Crippen LogP) is 1.32. The highest BCUT2D eigenvalue weighted by molar-refractivity contribution is 7.92. The highest BCUT2D eigenvalue weighted by atomic mass is 32.2. The van der Waals surface area contributed by atoms with Gasteiger partial charge in [-0.3, -0.25) is 0 Å². The van der Waals surface area contributed by atoms with Crippen molar-refractivity contribution >= 4 is 31.0 Å². The van der Waals surface area contributed by atoms with Gasteiger partial charge in [0.15, 0.2) is 5.01 Å². The Labute approximate surface area is 149 Å². The molecule has 11 heteroatoms. The van der Waals surface area contributed by atoms with Crippen molar-refractivity contribution in [1.82, 2.24) is 19.7 Å². The summed E-state index contributed by atoms with van der Waals surface area (Å²) in [6.07, 6.45) is 2.39. The Hall–Kier alpha value is -2.11. The first-order valence-corrected chi connectivity index (χ1v) is 11.4. The van der Waals surface area contributed by atoms with Gasteiger partial charge in [0.05, 0.1) is 17.6 Å². The van der Waals surface area contributed by atoms with E-state index in [-0.39, 0.29) is 20.3 Å². The monoisotopic (exact) mass is 398 g/mol. The molecule has 0 aliphatic carbocycles. The van der Waals surface area contributed by atoms with Gasteiger partial charge in [-0.2, -0.15) is 0 Å². The van der Waals surface area contributed by atoms with E-state index in [0.717, 1.165) is 17.6 Å². The summed E-state index contributed by atoms with van der Waals surface area (Å²) in [7, 11) is -5.60. The van der Waals surface area contributed by atoms with Crippen LogP contribution in [0.15, 0.2) is 46.0 Å². The predicted molar refractivity (Wildman–Crippen MR) is 92.6 cm³/mol. The molecule has 0 aliphatic rings. The first-order chi connectivity index (χ1) is 11.7. The van der Waals surface area contributed by atoms with Crippen LogP contribution in [0, 0.1) is 0 Å². The molecule has 2 aromatic heterocycles. The molecule has 3 rings (SSSR count). The Morgan fingerprint density at radius 1 is 1.08 bits per heavy atom. The molecule has 0 unspecified atom stereocenters. The third-order valence-electron chi connectivity index (χ3n) is 3.37. The Morgan fingerprint density at radius 2 is 1.76 bits per heavy atom. The minimum Gasteiger partial charge on any atom is -0.316 e. The number of rotatable bonds is 5. The Balaban J connectivity index is 1.94. The van der Waals surface area contributed by atoms with Gasteiger partial charge in [-0.1, -0.05) is 41.7 Å². The maximum Gasteiger partial charge on any atom is 0.233 e. The van der Waals surface area contributed by atoms with Gasteiger partial charge in [0, 0.05) is 13.3 Å².